The molecule has 1 aromatic carbocycles. The normalized spacial score (nSPS) is 16.8. The summed E-state index contributed by atoms with van der Waals surface area (Å²) >= 11 is 0. The fourth-order valence-electron chi connectivity index (χ4n) is 2.17. The summed E-state index contributed by atoms with van der Waals surface area (Å²) in [4.78, 5) is 12.0. The summed E-state index contributed by atoms with van der Waals surface area (Å²) in [5, 5.41) is 6.15. The number of hydrogen-bond donors (Lipinski definition) is 2. The molecule has 2 rings (SSSR count). The first-order valence-electron chi connectivity index (χ1n) is 7.01. The van der Waals surface area contributed by atoms with E-state index in [2.05, 4.69) is 23.6 Å². The van der Waals surface area contributed by atoms with Gasteiger partial charge < -0.3 is 15.4 Å². The van der Waals surface area contributed by atoms with Gasteiger partial charge in [0.1, 0.15) is 6.04 Å². The van der Waals surface area contributed by atoms with E-state index in [-0.39, 0.29) is 11.9 Å². The number of carbonyl (C=O) groups is 1. The van der Waals surface area contributed by atoms with Crippen molar-refractivity contribution in [3.63, 3.8) is 0 Å². The number of amides is 1. The number of para-hydroxylation sites is 1. The van der Waals surface area contributed by atoms with Gasteiger partial charge in [0.2, 0.25) is 5.91 Å². The van der Waals surface area contributed by atoms with Crippen LogP contribution in [0.5, 0.6) is 0 Å². The monoisotopic (exact) mass is 262 g/mol. The zero-order valence-electron chi connectivity index (χ0n) is 11.4. The lowest BCUT2D eigenvalue weighted by atomic mass is 10.1. The molecule has 0 aliphatic carbocycles. The first kappa shape index (κ1) is 13.9. The highest BCUT2D eigenvalue weighted by Crippen LogP contribution is 2.24. The average molecular weight is 262 g/mol. The molecule has 1 atom stereocenters. The fourth-order valence-corrected chi connectivity index (χ4v) is 2.17. The van der Waals surface area contributed by atoms with Crippen LogP contribution in [-0.4, -0.2) is 31.7 Å². The molecule has 1 amide bonds. The lowest BCUT2D eigenvalue weighted by molar-refractivity contribution is -0.121. The molecule has 1 heterocycles. The van der Waals surface area contributed by atoms with Crippen LogP contribution in [0.25, 0.3) is 0 Å². The van der Waals surface area contributed by atoms with Crippen molar-refractivity contribution in [2.75, 3.05) is 25.1 Å². The second kappa shape index (κ2) is 7.14. The van der Waals surface area contributed by atoms with Crippen molar-refractivity contribution in [1.29, 1.82) is 0 Å². The van der Waals surface area contributed by atoms with Gasteiger partial charge in [0.05, 0.1) is 6.61 Å². The summed E-state index contributed by atoms with van der Waals surface area (Å²) in [7, 11) is 0. The average Bonchev–Trinajstić information content (AvgIpc) is 2.86. The van der Waals surface area contributed by atoms with Gasteiger partial charge in [-0.1, -0.05) is 31.5 Å². The van der Waals surface area contributed by atoms with E-state index in [1.165, 1.54) is 5.56 Å². The number of anilines is 1. The van der Waals surface area contributed by atoms with E-state index < -0.39 is 0 Å². The molecule has 104 valence electrons. The quantitative estimate of drug-likeness (QED) is 0.739. The van der Waals surface area contributed by atoms with E-state index in [0.717, 1.165) is 31.6 Å². The third kappa shape index (κ3) is 3.96. The Kier molecular flexibility index (Phi) is 5.21. The van der Waals surface area contributed by atoms with Crippen molar-refractivity contribution >= 4 is 11.6 Å². The predicted octanol–water partition coefficient (Wildman–Crippen LogP) is 1.96. The lowest BCUT2D eigenvalue weighted by Gasteiger charge is -2.12. The van der Waals surface area contributed by atoms with Gasteiger partial charge in [-0.25, -0.2) is 0 Å². The number of nitrogens with one attached hydrogen (secondary N) is 2. The van der Waals surface area contributed by atoms with Crippen molar-refractivity contribution in [2.24, 2.45) is 0 Å². The van der Waals surface area contributed by atoms with Crippen LogP contribution in [0.3, 0.4) is 0 Å². The molecule has 0 saturated heterocycles. The van der Waals surface area contributed by atoms with Gasteiger partial charge in [0.15, 0.2) is 0 Å². The highest BCUT2D eigenvalue weighted by Gasteiger charge is 2.25. The molecule has 0 radical (unpaired) electrons. The topological polar surface area (TPSA) is 50.4 Å². The van der Waals surface area contributed by atoms with Gasteiger partial charge in [-0.15, -0.1) is 0 Å². The summed E-state index contributed by atoms with van der Waals surface area (Å²) in [6.07, 6.45) is 2.97. The molecule has 19 heavy (non-hydrogen) atoms. The van der Waals surface area contributed by atoms with Crippen LogP contribution in [0.2, 0.25) is 0 Å². The molecule has 0 fully saturated rings. The van der Waals surface area contributed by atoms with Crippen molar-refractivity contribution in [3.05, 3.63) is 29.8 Å². The number of benzene rings is 1. The number of carbonyl (C=O) groups excluding carboxylic acids is 1. The van der Waals surface area contributed by atoms with E-state index in [1.807, 2.05) is 18.2 Å². The van der Waals surface area contributed by atoms with E-state index in [1.54, 1.807) is 0 Å². The van der Waals surface area contributed by atoms with Gasteiger partial charge in [-0.3, -0.25) is 4.79 Å². The summed E-state index contributed by atoms with van der Waals surface area (Å²) in [5.74, 6) is 0.0512. The Morgan fingerprint density at radius 3 is 3.05 bits per heavy atom. The number of unbranched alkanes of at least 4 members (excludes halogenated alkanes) is 1. The largest absolute Gasteiger partial charge is 0.380 e. The molecule has 1 aromatic rings. The molecule has 0 aromatic heterocycles. The maximum absolute atomic E-state index is 12.0. The highest BCUT2D eigenvalue weighted by molar-refractivity contribution is 5.87. The summed E-state index contributed by atoms with van der Waals surface area (Å²) < 4.78 is 5.41. The van der Waals surface area contributed by atoms with E-state index >= 15 is 0 Å². The smallest absolute Gasteiger partial charge is 0.242 e. The molecule has 2 N–H and O–H groups in total. The van der Waals surface area contributed by atoms with Crippen LogP contribution >= 0.6 is 0 Å². The van der Waals surface area contributed by atoms with Gasteiger partial charge in [0, 0.05) is 25.3 Å². The Labute approximate surface area is 114 Å². The number of hydrogen-bond acceptors (Lipinski definition) is 3. The van der Waals surface area contributed by atoms with Crippen molar-refractivity contribution in [2.45, 2.75) is 32.2 Å². The van der Waals surface area contributed by atoms with Crippen molar-refractivity contribution in [1.82, 2.24) is 5.32 Å². The van der Waals surface area contributed by atoms with Gasteiger partial charge in [-0.05, 0) is 18.1 Å². The van der Waals surface area contributed by atoms with Crippen LogP contribution in [0.15, 0.2) is 24.3 Å². The zero-order chi connectivity index (χ0) is 13.5. The van der Waals surface area contributed by atoms with Crippen LogP contribution in [0, 0.1) is 0 Å². The number of fused-ring (bicyclic) bond motifs is 1. The minimum atomic E-state index is -0.145. The SMILES string of the molecule is CCCCOCCNC(=O)C1Cc2ccccc2N1. The van der Waals surface area contributed by atoms with Gasteiger partial charge in [-0.2, -0.15) is 0 Å². The predicted molar refractivity (Wildman–Crippen MR) is 76.3 cm³/mol. The highest BCUT2D eigenvalue weighted by atomic mass is 16.5. The van der Waals surface area contributed by atoms with Crippen LogP contribution < -0.4 is 10.6 Å². The minimum absolute atomic E-state index is 0.0512. The molecular weight excluding hydrogens is 240 g/mol. The molecule has 4 heteroatoms. The van der Waals surface area contributed by atoms with Gasteiger partial charge >= 0.3 is 0 Å². The second-order valence-electron chi connectivity index (χ2n) is 4.82. The van der Waals surface area contributed by atoms with Crippen LogP contribution in [0.4, 0.5) is 5.69 Å². The van der Waals surface area contributed by atoms with Crippen molar-refractivity contribution in [3.8, 4) is 0 Å². The third-order valence-corrected chi connectivity index (χ3v) is 3.28. The van der Waals surface area contributed by atoms with Gasteiger partial charge in [0.25, 0.3) is 0 Å². The molecule has 0 saturated carbocycles. The number of ether oxygens (including phenoxy) is 1. The molecule has 1 unspecified atom stereocenters. The second-order valence-corrected chi connectivity index (χ2v) is 4.82. The Morgan fingerprint density at radius 1 is 1.42 bits per heavy atom. The van der Waals surface area contributed by atoms with Crippen LogP contribution in [0.1, 0.15) is 25.3 Å². The van der Waals surface area contributed by atoms with Crippen molar-refractivity contribution < 1.29 is 9.53 Å². The standard InChI is InChI=1S/C15H22N2O2/c1-2-3-9-19-10-8-16-15(18)14-11-12-6-4-5-7-13(12)17-14/h4-7,14,17H,2-3,8-11H2,1H3,(H,16,18). The Hall–Kier alpha value is -1.55. The third-order valence-electron chi connectivity index (χ3n) is 3.28. The Balaban J connectivity index is 1.66. The summed E-state index contributed by atoms with van der Waals surface area (Å²) in [5.41, 5.74) is 2.28. The molecule has 0 spiro atoms. The lowest BCUT2D eigenvalue weighted by Crippen LogP contribution is -2.39. The first-order valence-corrected chi connectivity index (χ1v) is 7.01. The summed E-state index contributed by atoms with van der Waals surface area (Å²) in [6.45, 7) is 4.08. The Morgan fingerprint density at radius 2 is 2.26 bits per heavy atom. The number of rotatable bonds is 7. The fraction of sp³-hybridized carbons (Fsp3) is 0.533. The Bertz CT molecular complexity index is 395. The minimum Gasteiger partial charge on any atom is -0.380 e. The molecule has 4 nitrogen and oxygen atoms in total. The molecule has 1 aliphatic heterocycles. The van der Waals surface area contributed by atoms with Crippen LogP contribution in [-0.2, 0) is 16.0 Å². The maximum atomic E-state index is 12.0. The van der Waals surface area contributed by atoms with E-state index in [9.17, 15) is 4.79 Å². The van der Waals surface area contributed by atoms with E-state index in [0.29, 0.717) is 13.2 Å². The van der Waals surface area contributed by atoms with E-state index in [4.69, 9.17) is 4.74 Å². The maximum Gasteiger partial charge on any atom is 0.242 e. The zero-order valence-corrected chi connectivity index (χ0v) is 11.4. The summed E-state index contributed by atoms with van der Waals surface area (Å²) in [6, 6.07) is 7.91. The molecule has 0 bridgehead atoms. The molecular formula is C15H22N2O2. The first-order chi connectivity index (χ1) is 9.31. The molecule has 1 aliphatic rings.